The first-order chi connectivity index (χ1) is 14.4. The van der Waals surface area contributed by atoms with Gasteiger partial charge in [0.1, 0.15) is 5.75 Å². The van der Waals surface area contributed by atoms with Crippen molar-refractivity contribution < 1.29 is 9.26 Å². The molecule has 0 saturated carbocycles. The first-order valence-electron chi connectivity index (χ1n) is 10.0. The van der Waals surface area contributed by atoms with Crippen LogP contribution in [0.1, 0.15) is 47.9 Å². The third kappa shape index (κ3) is 5.83. The highest BCUT2D eigenvalue weighted by molar-refractivity contribution is 5.79. The summed E-state index contributed by atoms with van der Waals surface area (Å²) in [6, 6.07) is 11.8. The minimum Gasteiger partial charge on any atom is -0.439 e. The van der Waals surface area contributed by atoms with E-state index in [2.05, 4.69) is 53.5 Å². The number of benzene rings is 1. The SMILES string of the molecule is CN=C(NCc1ccnc(Oc2ccc(C)c(C)c2)c1)NCc1cc(C(C)C)no1. The molecule has 0 saturated heterocycles. The topological polar surface area (TPSA) is 84.6 Å². The van der Waals surface area contributed by atoms with Crippen molar-refractivity contribution in [3.63, 3.8) is 0 Å². The van der Waals surface area contributed by atoms with Crippen LogP contribution in [0, 0.1) is 13.8 Å². The lowest BCUT2D eigenvalue weighted by atomic mass is 10.1. The molecule has 158 valence electrons. The lowest BCUT2D eigenvalue weighted by Crippen LogP contribution is -2.36. The van der Waals surface area contributed by atoms with Gasteiger partial charge in [0.25, 0.3) is 0 Å². The van der Waals surface area contributed by atoms with Gasteiger partial charge in [0.15, 0.2) is 11.7 Å². The van der Waals surface area contributed by atoms with Gasteiger partial charge in [0.05, 0.1) is 12.2 Å². The lowest BCUT2D eigenvalue weighted by Gasteiger charge is -2.12. The van der Waals surface area contributed by atoms with Crippen LogP contribution in [0.5, 0.6) is 11.6 Å². The second kappa shape index (κ2) is 9.91. The van der Waals surface area contributed by atoms with E-state index in [1.54, 1.807) is 13.2 Å². The minimum absolute atomic E-state index is 0.340. The standard InChI is InChI=1S/C23H29N5O2/c1-15(2)21-12-20(30-28-21)14-27-23(24-5)26-13-18-8-9-25-22(11-18)29-19-7-6-16(3)17(4)10-19/h6-12,15H,13-14H2,1-5H3,(H2,24,26,27). The second-order valence-electron chi connectivity index (χ2n) is 7.50. The first kappa shape index (κ1) is 21.4. The summed E-state index contributed by atoms with van der Waals surface area (Å²) >= 11 is 0. The van der Waals surface area contributed by atoms with E-state index >= 15 is 0 Å². The molecule has 0 amide bonds. The molecule has 3 aromatic rings. The predicted octanol–water partition coefficient (Wildman–Crippen LogP) is 4.47. The molecule has 1 aromatic carbocycles. The fraction of sp³-hybridized carbons (Fsp3) is 0.348. The number of ether oxygens (including phenoxy) is 1. The van der Waals surface area contributed by atoms with Crippen LogP contribution in [-0.4, -0.2) is 23.1 Å². The smallest absolute Gasteiger partial charge is 0.219 e. The maximum absolute atomic E-state index is 5.91. The Morgan fingerprint density at radius 1 is 1.07 bits per heavy atom. The van der Waals surface area contributed by atoms with Crippen LogP contribution in [0.15, 0.2) is 52.1 Å². The number of rotatable bonds is 7. The van der Waals surface area contributed by atoms with Gasteiger partial charge in [-0.1, -0.05) is 25.1 Å². The van der Waals surface area contributed by atoms with Crippen molar-refractivity contribution in [2.45, 2.75) is 46.7 Å². The normalized spacial score (nSPS) is 11.6. The Hall–Kier alpha value is -3.35. The van der Waals surface area contributed by atoms with Crippen molar-refractivity contribution in [2.75, 3.05) is 7.05 Å². The van der Waals surface area contributed by atoms with Crippen molar-refractivity contribution in [1.82, 2.24) is 20.8 Å². The Balaban J connectivity index is 1.54. The molecule has 2 N–H and O–H groups in total. The Bertz CT molecular complexity index is 1010. The van der Waals surface area contributed by atoms with Crippen LogP contribution in [0.4, 0.5) is 0 Å². The molecule has 30 heavy (non-hydrogen) atoms. The number of aliphatic imine (C=N–C) groups is 1. The number of aromatic nitrogens is 2. The molecular weight excluding hydrogens is 378 g/mol. The minimum atomic E-state index is 0.340. The van der Waals surface area contributed by atoms with Gasteiger partial charge in [-0.25, -0.2) is 4.98 Å². The van der Waals surface area contributed by atoms with Crippen molar-refractivity contribution in [1.29, 1.82) is 0 Å². The van der Waals surface area contributed by atoms with E-state index in [4.69, 9.17) is 9.26 Å². The molecular formula is C23H29N5O2. The highest BCUT2D eigenvalue weighted by Crippen LogP contribution is 2.22. The largest absolute Gasteiger partial charge is 0.439 e. The molecule has 0 fully saturated rings. The molecule has 0 spiro atoms. The number of guanidine groups is 1. The molecule has 2 aromatic heterocycles. The molecule has 3 rings (SSSR count). The molecule has 0 atom stereocenters. The highest BCUT2D eigenvalue weighted by Gasteiger charge is 2.08. The number of aryl methyl sites for hydroxylation is 2. The third-order valence-corrected chi connectivity index (χ3v) is 4.78. The maximum atomic E-state index is 5.91. The van der Waals surface area contributed by atoms with E-state index < -0.39 is 0 Å². The average molecular weight is 408 g/mol. The zero-order valence-electron chi connectivity index (χ0n) is 18.2. The Labute approximate surface area is 177 Å². The number of nitrogens with zero attached hydrogens (tertiary/aromatic N) is 3. The molecule has 0 unspecified atom stereocenters. The Kier molecular flexibility index (Phi) is 7.06. The number of pyridine rings is 1. The average Bonchev–Trinajstić information content (AvgIpc) is 3.21. The molecule has 7 nitrogen and oxygen atoms in total. The molecule has 0 aliphatic rings. The van der Waals surface area contributed by atoms with Crippen molar-refractivity contribution in [2.24, 2.45) is 4.99 Å². The van der Waals surface area contributed by atoms with E-state index in [1.807, 2.05) is 36.4 Å². The van der Waals surface area contributed by atoms with E-state index in [1.165, 1.54) is 11.1 Å². The summed E-state index contributed by atoms with van der Waals surface area (Å²) in [5.41, 5.74) is 4.40. The summed E-state index contributed by atoms with van der Waals surface area (Å²) < 4.78 is 11.3. The Morgan fingerprint density at radius 3 is 2.57 bits per heavy atom. The van der Waals surface area contributed by atoms with Crippen LogP contribution < -0.4 is 15.4 Å². The molecule has 0 bridgehead atoms. The van der Waals surface area contributed by atoms with Crippen LogP contribution in [0.25, 0.3) is 0 Å². The van der Waals surface area contributed by atoms with Gasteiger partial charge in [0.2, 0.25) is 5.88 Å². The summed E-state index contributed by atoms with van der Waals surface area (Å²) in [5.74, 6) is 3.12. The van der Waals surface area contributed by atoms with E-state index in [0.717, 1.165) is 22.8 Å². The highest BCUT2D eigenvalue weighted by atomic mass is 16.5. The summed E-state index contributed by atoms with van der Waals surface area (Å²) in [5, 5.41) is 10.6. The van der Waals surface area contributed by atoms with Crippen molar-refractivity contribution in [3.05, 3.63) is 70.7 Å². The molecule has 0 aliphatic heterocycles. The molecule has 0 aliphatic carbocycles. The van der Waals surface area contributed by atoms with Crippen LogP contribution in [0.3, 0.4) is 0 Å². The summed E-state index contributed by atoms with van der Waals surface area (Å²) in [4.78, 5) is 8.56. The number of hydrogen-bond acceptors (Lipinski definition) is 5. The van der Waals surface area contributed by atoms with E-state index in [9.17, 15) is 0 Å². The van der Waals surface area contributed by atoms with Crippen molar-refractivity contribution >= 4 is 5.96 Å². The van der Waals surface area contributed by atoms with E-state index in [-0.39, 0.29) is 0 Å². The Morgan fingerprint density at radius 2 is 1.87 bits per heavy atom. The third-order valence-electron chi connectivity index (χ3n) is 4.78. The number of nitrogens with one attached hydrogen (secondary N) is 2. The zero-order chi connectivity index (χ0) is 21.5. The van der Waals surface area contributed by atoms with Crippen molar-refractivity contribution in [3.8, 4) is 11.6 Å². The number of hydrogen-bond donors (Lipinski definition) is 2. The van der Waals surface area contributed by atoms with Gasteiger partial charge in [-0.2, -0.15) is 0 Å². The van der Waals surface area contributed by atoms with Gasteiger partial charge < -0.3 is 19.9 Å². The van der Waals surface area contributed by atoms with Gasteiger partial charge >= 0.3 is 0 Å². The lowest BCUT2D eigenvalue weighted by molar-refractivity contribution is 0.372. The monoisotopic (exact) mass is 407 g/mol. The van der Waals surface area contributed by atoms with Gasteiger partial charge in [-0.3, -0.25) is 4.99 Å². The molecule has 7 heteroatoms. The van der Waals surface area contributed by atoms with Crippen LogP contribution in [0.2, 0.25) is 0 Å². The van der Waals surface area contributed by atoms with E-state index in [0.29, 0.717) is 30.8 Å². The molecule has 0 radical (unpaired) electrons. The van der Waals surface area contributed by atoms with Gasteiger partial charge in [-0.15, -0.1) is 0 Å². The summed E-state index contributed by atoms with van der Waals surface area (Å²) in [6.07, 6.45) is 1.74. The summed E-state index contributed by atoms with van der Waals surface area (Å²) in [6.45, 7) is 9.41. The maximum Gasteiger partial charge on any atom is 0.219 e. The quantitative estimate of drug-likeness (QED) is 0.444. The van der Waals surface area contributed by atoms with Gasteiger partial charge in [0, 0.05) is 31.9 Å². The summed E-state index contributed by atoms with van der Waals surface area (Å²) in [7, 11) is 1.73. The zero-order valence-corrected chi connectivity index (χ0v) is 18.2. The fourth-order valence-electron chi connectivity index (χ4n) is 2.78. The first-order valence-corrected chi connectivity index (χ1v) is 10.0. The van der Waals surface area contributed by atoms with Crippen LogP contribution >= 0.6 is 0 Å². The fourth-order valence-corrected chi connectivity index (χ4v) is 2.78. The second-order valence-corrected chi connectivity index (χ2v) is 7.50. The van der Waals surface area contributed by atoms with Crippen LogP contribution in [-0.2, 0) is 13.1 Å². The molecule has 2 heterocycles. The van der Waals surface area contributed by atoms with Gasteiger partial charge in [-0.05, 0) is 54.7 Å². The predicted molar refractivity (Wildman–Crippen MR) is 118 cm³/mol.